The van der Waals surface area contributed by atoms with Crippen molar-refractivity contribution < 1.29 is 19.1 Å². The fourth-order valence-electron chi connectivity index (χ4n) is 2.90. The third-order valence-corrected chi connectivity index (χ3v) is 4.26. The normalized spacial score (nSPS) is 18.9. The molecule has 1 aliphatic carbocycles. The number of ether oxygens (including phenoxy) is 2. The molecule has 0 spiro atoms. The molecule has 136 valence electrons. The lowest BCUT2D eigenvalue weighted by atomic mass is 10.1. The standard InChI is InChI=1S/C22H24O4/c1-22(2,3)26-21(24)19-13-18(19)16-10-7-11-17(12-16)20(23)25-14-15-8-5-4-6-9-15/h4-12,18-19H,13-14H2,1-3H3/t18-,19+/m0/s1. The number of carbonyl (C=O) groups is 2. The van der Waals surface area contributed by atoms with Gasteiger partial charge in [0, 0.05) is 0 Å². The van der Waals surface area contributed by atoms with Crippen LogP contribution in [0.1, 0.15) is 54.6 Å². The van der Waals surface area contributed by atoms with Gasteiger partial charge in [-0.25, -0.2) is 4.79 Å². The molecule has 1 saturated carbocycles. The quantitative estimate of drug-likeness (QED) is 0.744. The van der Waals surface area contributed by atoms with Crippen molar-refractivity contribution in [2.75, 3.05) is 0 Å². The van der Waals surface area contributed by atoms with Crippen molar-refractivity contribution in [3.63, 3.8) is 0 Å². The topological polar surface area (TPSA) is 52.6 Å². The molecule has 2 aromatic carbocycles. The van der Waals surface area contributed by atoms with Crippen LogP contribution < -0.4 is 0 Å². The number of benzene rings is 2. The van der Waals surface area contributed by atoms with Crippen LogP contribution in [0.3, 0.4) is 0 Å². The average molecular weight is 352 g/mol. The molecular formula is C22H24O4. The van der Waals surface area contributed by atoms with Gasteiger partial charge in [0.1, 0.15) is 12.2 Å². The van der Waals surface area contributed by atoms with Crippen LogP contribution in [0.4, 0.5) is 0 Å². The summed E-state index contributed by atoms with van der Waals surface area (Å²) in [5.41, 5.74) is 1.96. The summed E-state index contributed by atoms with van der Waals surface area (Å²) in [7, 11) is 0. The van der Waals surface area contributed by atoms with Gasteiger partial charge in [0.2, 0.25) is 0 Å². The van der Waals surface area contributed by atoms with E-state index in [9.17, 15) is 9.59 Å². The van der Waals surface area contributed by atoms with Gasteiger partial charge >= 0.3 is 11.9 Å². The van der Waals surface area contributed by atoms with Crippen molar-refractivity contribution in [2.24, 2.45) is 5.92 Å². The van der Waals surface area contributed by atoms with E-state index in [2.05, 4.69) is 0 Å². The lowest BCUT2D eigenvalue weighted by Crippen LogP contribution is -2.25. The molecule has 2 atom stereocenters. The lowest BCUT2D eigenvalue weighted by molar-refractivity contribution is -0.156. The lowest BCUT2D eigenvalue weighted by Gasteiger charge is -2.19. The van der Waals surface area contributed by atoms with E-state index in [1.807, 2.05) is 69.3 Å². The summed E-state index contributed by atoms with van der Waals surface area (Å²) in [6.45, 7) is 5.84. The molecule has 1 fully saturated rings. The van der Waals surface area contributed by atoms with Gasteiger partial charge in [-0.3, -0.25) is 4.79 Å². The molecule has 4 heteroatoms. The Bertz CT molecular complexity index is 789. The van der Waals surface area contributed by atoms with Gasteiger partial charge in [-0.2, -0.15) is 0 Å². The zero-order chi connectivity index (χ0) is 18.7. The van der Waals surface area contributed by atoms with Crippen molar-refractivity contribution in [2.45, 2.75) is 45.3 Å². The second kappa shape index (κ2) is 7.32. The first kappa shape index (κ1) is 18.2. The molecule has 0 radical (unpaired) electrons. The third kappa shape index (κ3) is 4.72. The maximum atomic E-state index is 12.3. The predicted molar refractivity (Wildman–Crippen MR) is 98.7 cm³/mol. The molecule has 0 unspecified atom stereocenters. The molecule has 3 rings (SSSR count). The Kier molecular flexibility index (Phi) is 5.12. The van der Waals surface area contributed by atoms with E-state index in [0.29, 0.717) is 5.56 Å². The fourth-order valence-corrected chi connectivity index (χ4v) is 2.90. The van der Waals surface area contributed by atoms with Gasteiger partial charge < -0.3 is 9.47 Å². The maximum Gasteiger partial charge on any atom is 0.338 e. The summed E-state index contributed by atoms with van der Waals surface area (Å²) >= 11 is 0. The van der Waals surface area contributed by atoms with Crippen LogP contribution in [0.15, 0.2) is 54.6 Å². The van der Waals surface area contributed by atoms with E-state index in [1.54, 1.807) is 6.07 Å². The van der Waals surface area contributed by atoms with Crippen LogP contribution >= 0.6 is 0 Å². The van der Waals surface area contributed by atoms with Crippen molar-refractivity contribution in [1.29, 1.82) is 0 Å². The summed E-state index contributed by atoms with van der Waals surface area (Å²) in [6.07, 6.45) is 0.761. The number of hydrogen-bond acceptors (Lipinski definition) is 4. The van der Waals surface area contributed by atoms with Crippen LogP contribution in [-0.2, 0) is 20.9 Å². The second-order valence-corrected chi connectivity index (χ2v) is 7.67. The van der Waals surface area contributed by atoms with Crippen LogP contribution in [0.5, 0.6) is 0 Å². The zero-order valence-corrected chi connectivity index (χ0v) is 15.4. The van der Waals surface area contributed by atoms with Crippen LogP contribution in [0.2, 0.25) is 0 Å². The van der Waals surface area contributed by atoms with Gasteiger partial charge in [-0.05, 0) is 56.4 Å². The highest BCUT2D eigenvalue weighted by Crippen LogP contribution is 2.48. The molecule has 0 aliphatic heterocycles. The number of carbonyl (C=O) groups excluding carboxylic acids is 2. The Morgan fingerprint density at radius 2 is 1.77 bits per heavy atom. The van der Waals surface area contributed by atoms with Crippen LogP contribution in [-0.4, -0.2) is 17.5 Å². The average Bonchev–Trinajstić information content (AvgIpc) is 3.40. The Morgan fingerprint density at radius 1 is 1.04 bits per heavy atom. The molecular weight excluding hydrogens is 328 g/mol. The van der Waals surface area contributed by atoms with Crippen LogP contribution in [0, 0.1) is 5.92 Å². The highest BCUT2D eigenvalue weighted by Gasteiger charge is 2.46. The van der Waals surface area contributed by atoms with E-state index in [-0.39, 0.29) is 30.4 Å². The molecule has 4 nitrogen and oxygen atoms in total. The Labute approximate surface area is 154 Å². The van der Waals surface area contributed by atoms with Crippen molar-refractivity contribution in [3.05, 3.63) is 71.3 Å². The summed E-state index contributed by atoms with van der Waals surface area (Å²) in [5, 5.41) is 0. The second-order valence-electron chi connectivity index (χ2n) is 7.67. The zero-order valence-electron chi connectivity index (χ0n) is 15.4. The van der Waals surface area contributed by atoms with Crippen molar-refractivity contribution >= 4 is 11.9 Å². The summed E-state index contributed by atoms with van der Waals surface area (Å²) < 4.78 is 10.8. The maximum absolute atomic E-state index is 12.3. The minimum Gasteiger partial charge on any atom is -0.460 e. The largest absolute Gasteiger partial charge is 0.460 e. The first-order valence-corrected chi connectivity index (χ1v) is 8.87. The van der Waals surface area contributed by atoms with E-state index < -0.39 is 5.60 Å². The Balaban J connectivity index is 1.60. The molecule has 1 aliphatic rings. The minimum atomic E-state index is -0.479. The van der Waals surface area contributed by atoms with Gasteiger partial charge in [-0.1, -0.05) is 42.5 Å². The molecule has 2 aromatic rings. The highest BCUT2D eigenvalue weighted by atomic mass is 16.6. The van der Waals surface area contributed by atoms with Crippen LogP contribution in [0.25, 0.3) is 0 Å². The summed E-state index contributed by atoms with van der Waals surface area (Å²) in [4.78, 5) is 24.5. The van der Waals surface area contributed by atoms with E-state index in [1.165, 1.54) is 0 Å². The number of esters is 2. The Morgan fingerprint density at radius 3 is 2.46 bits per heavy atom. The SMILES string of the molecule is CC(C)(C)OC(=O)[C@@H]1C[C@H]1c1cccc(C(=O)OCc2ccccc2)c1. The van der Waals surface area contributed by atoms with Crippen molar-refractivity contribution in [1.82, 2.24) is 0 Å². The van der Waals surface area contributed by atoms with Gasteiger partial charge in [-0.15, -0.1) is 0 Å². The predicted octanol–water partition coefficient (Wildman–Crippen LogP) is 4.49. The fraction of sp³-hybridized carbons (Fsp3) is 0.364. The van der Waals surface area contributed by atoms with E-state index in [0.717, 1.165) is 17.5 Å². The smallest absolute Gasteiger partial charge is 0.338 e. The summed E-state index contributed by atoms with van der Waals surface area (Å²) in [6, 6.07) is 16.9. The van der Waals surface area contributed by atoms with Gasteiger partial charge in [0.05, 0.1) is 11.5 Å². The van der Waals surface area contributed by atoms with Gasteiger partial charge in [0.15, 0.2) is 0 Å². The molecule has 0 bridgehead atoms. The summed E-state index contributed by atoms with van der Waals surface area (Å²) in [5.74, 6) is -0.527. The van der Waals surface area contributed by atoms with E-state index >= 15 is 0 Å². The minimum absolute atomic E-state index is 0.117. The molecule has 0 aromatic heterocycles. The highest BCUT2D eigenvalue weighted by molar-refractivity contribution is 5.89. The monoisotopic (exact) mass is 352 g/mol. The first-order chi connectivity index (χ1) is 12.3. The molecule has 0 amide bonds. The third-order valence-electron chi connectivity index (χ3n) is 4.26. The first-order valence-electron chi connectivity index (χ1n) is 8.87. The molecule has 26 heavy (non-hydrogen) atoms. The molecule has 0 saturated heterocycles. The van der Waals surface area contributed by atoms with Crippen molar-refractivity contribution in [3.8, 4) is 0 Å². The number of hydrogen-bond donors (Lipinski definition) is 0. The molecule has 0 N–H and O–H groups in total. The molecule has 0 heterocycles. The Hall–Kier alpha value is -2.62. The van der Waals surface area contributed by atoms with E-state index in [4.69, 9.17) is 9.47 Å². The van der Waals surface area contributed by atoms with Gasteiger partial charge in [0.25, 0.3) is 0 Å². The number of rotatable bonds is 5.